The molecular weight excluding hydrogens is 318 g/mol. The van der Waals surface area contributed by atoms with Gasteiger partial charge in [0.1, 0.15) is 4.88 Å². The van der Waals surface area contributed by atoms with Crippen molar-refractivity contribution >= 4 is 29.7 Å². The molecule has 2 heterocycles. The molecule has 118 valence electrons. The van der Waals surface area contributed by atoms with Gasteiger partial charge in [0.2, 0.25) is 0 Å². The number of halogens is 1. The van der Waals surface area contributed by atoms with E-state index in [1.165, 1.54) is 16.9 Å². The molecule has 0 bridgehead atoms. The predicted octanol–water partition coefficient (Wildman–Crippen LogP) is 2.51. The van der Waals surface area contributed by atoms with E-state index in [0.717, 1.165) is 48.2 Å². The Kier molecular flexibility index (Phi) is 5.94. The van der Waals surface area contributed by atoms with E-state index in [1.807, 2.05) is 30.0 Å². The number of carbonyl (C=O) groups excluding carboxylic acids is 1. The van der Waals surface area contributed by atoms with Gasteiger partial charge in [-0.2, -0.15) is 0 Å². The Labute approximate surface area is 141 Å². The van der Waals surface area contributed by atoms with Gasteiger partial charge in [0.15, 0.2) is 0 Å². The molecule has 6 heteroatoms. The summed E-state index contributed by atoms with van der Waals surface area (Å²) in [6, 6.07) is 10.3. The number of nitrogens with one attached hydrogen (secondary N) is 1. The average Bonchev–Trinajstić information content (AvgIpc) is 2.89. The third-order valence-electron chi connectivity index (χ3n) is 3.64. The van der Waals surface area contributed by atoms with Gasteiger partial charge in [-0.1, -0.05) is 30.3 Å². The van der Waals surface area contributed by atoms with Gasteiger partial charge in [-0.3, -0.25) is 4.79 Å². The number of carbonyl (C=O) groups is 1. The molecule has 2 aromatic rings. The van der Waals surface area contributed by atoms with E-state index in [0.29, 0.717) is 0 Å². The second-order valence-electron chi connectivity index (χ2n) is 5.23. The lowest BCUT2D eigenvalue weighted by Crippen LogP contribution is -2.46. The van der Waals surface area contributed by atoms with Crippen LogP contribution in [0.2, 0.25) is 0 Å². The van der Waals surface area contributed by atoms with Gasteiger partial charge in [-0.05, 0) is 12.5 Å². The second-order valence-corrected chi connectivity index (χ2v) is 6.31. The van der Waals surface area contributed by atoms with Gasteiger partial charge >= 0.3 is 0 Å². The largest absolute Gasteiger partial charge is 0.335 e. The van der Waals surface area contributed by atoms with E-state index in [9.17, 15) is 4.79 Å². The summed E-state index contributed by atoms with van der Waals surface area (Å²) in [6.45, 7) is 5.25. The van der Waals surface area contributed by atoms with Gasteiger partial charge in [0.25, 0.3) is 5.91 Å². The van der Waals surface area contributed by atoms with Crippen LogP contribution >= 0.6 is 23.7 Å². The lowest BCUT2D eigenvalue weighted by Gasteiger charge is -2.27. The first-order chi connectivity index (χ1) is 10.2. The third-order valence-corrected chi connectivity index (χ3v) is 4.78. The quantitative estimate of drug-likeness (QED) is 0.936. The highest BCUT2D eigenvalue weighted by molar-refractivity contribution is 7.13. The minimum atomic E-state index is 0. The molecule has 0 atom stereocenters. The maximum Gasteiger partial charge on any atom is 0.265 e. The lowest BCUT2D eigenvalue weighted by atomic mass is 10.2. The van der Waals surface area contributed by atoms with Crippen LogP contribution in [0.5, 0.6) is 0 Å². The fraction of sp³-hybridized carbons (Fsp3) is 0.375. The molecule has 1 saturated heterocycles. The number of thiazole rings is 1. The van der Waals surface area contributed by atoms with Crippen molar-refractivity contribution in [1.82, 2.24) is 15.2 Å². The summed E-state index contributed by atoms with van der Waals surface area (Å²) < 4.78 is 0. The highest BCUT2D eigenvalue weighted by Crippen LogP contribution is 2.22. The molecule has 0 aliphatic carbocycles. The maximum absolute atomic E-state index is 12.6. The smallest absolute Gasteiger partial charge is 0.265 e. The van der Waals surface area contributed by atoms with E-state index in [1.54, 1.807) is 0 Å². The van der Waals surface area contributed by atoms with E-state index in [4.69, 9.17) is 0 Å². The summed E-state index contributed by atoms with van der Waals surface area (Å²) in [4.78, 5) is 19.8. The van der Waals surface area contributed by atoms with Crippen molar-refractivity contribution in [3.63, 3.8) is 0 Å². The third kappa shape index (κ3) is 3.85. The van der Waals surface area contributed by atoms with E-state index >= 15 is 0 Å². The molecule has 22 heavy (non-hydrogen) atoms. The van der Waals surface area contributed by atoms with Crippen LogP contribution in [-0.4, -0.2) is 42.0 Å². The van der Waals surface area contributed by atoms with Crippen molar-refractivity contribution < 1.29 is 4.79 Å². The summed E-state index contributed by atoms with van der Waals surface area (Å²) in [6.07, 6.45) is 0.793. The van der Waals surface area contributed by atoms with Gasteiger partial charge in [0, 0.05) is 32.6 Å². The lowest BCUT2D eigenvalue weighted by molar-refractivity contribution is 0.0740. The van der Waals surface area contributed by atoms with Crippen LogP contribution < -0.4 is 5.32 Å². The van der Waals surface area contributed by atoms with Crippen LogP contribution in [-0.2, 0) is 6.42 Å². The number of amides is 1. The van der Waals surface area contributed by atoms with E-state index in [-0.39, 0.29) is 18.3 Å². The Morgan fingerprint density at radius 2 is 1.95 bits per heavy atom. The van der Waals surface area contributed by atoms with Gasteiger partial charge in [0.05, 0.1) is 10.7 Å². The number of nitrogens with zero attached hydrogens (tertiary/aromatic N) is 2. The molecule has 0 unspecified atom stereocenters. The Balaban J connectivity index is 0.00000176. The fourth-order valence-corrected chi connectivity index (χ4v) is 3.58. The van der Waals surface area contributed by atoms with Crippen LogP contribution in [0.3, 0.4) is 0 Å². The molecule has 1 aromatic carbocycles. The molecule has 1 fully saturated rings. The highest BCUT2D eigenvalue weighted by Gasteiger charge is 2.22. The fourth-order valence-electron chi connectivity index (χ4n) is 2.51. The van der Waals surface area contributed by atoms with Gasteiger partial charge in [-0.25, -0.2) is 4.98 Å². The zero-order valence-electron chi connectivity index (χ0n) is 12.5. The molecule has 1 aromatic heterocycles. The van der Waals surface area contributed by atoms with Crippen molar-refractivity contribution in [3.8, 4) is 0 Å². The van der Waals surface area contributed by atoms with Crippen LogP contribution in [0.15, 0.2) is 30.3 Å². The highest BCUT2D eigenvalue weighted by atomic mass is 35.5. The Hall–Kier alpha value is -1.43. The first-order valence-electron chi connectivity index (χ1n) is 7.24. The Bertz CT molecular complexity index is 624. The summed E-state index contributed by atoms with van der Waals surface area (Å²) >= 11 is 1.53. The first kappa shape index (κ1) is 16.9. The molecule has 0 radical (unpaired) electrons. The summed E-state index contributed by atoms with van der Waals surface area (Å²) in [7, 11) is 0. The van der Waals surface area contributed by atoms with Crippen molar-refractivity contribution in [2.24, 2.45) is 0 Å². The summed E-state index contributed by atoms with van der Waals surface area (Å²) in [5, 5.41) is 4.28. The van der Waals surface area contributed by atoms with E-state index < -0.39 is 0 Å². The number of aryl methyl sites for hydroxylation is 1. The number of hydrogen-bond donors (Lipinski definition) is 1. The van der Waals surface area contributed by atoms with Crippen molar-refractivity contribution in [3.05, 3.63) is 51.5 Å². The van der Waals surface area contributed by atoms with E-state index in [2.05, 4.69) is 22.4 Å². The Morgan fingerprint density at radius 3 is 2.64 bits per heavy atom. The zero-order chi connectivity index (χ0) is 14.7. The molecule has 0 saturated carbocycles. The average molecular weight is 338 g/mol. The van der Waals surface area contributed by atoms with Crippen molar-refractivity contribution in [1.29, 1.82) is 0 Å². The number of hydrogen-bond acceptors (Lipinski definition) is 4. The molecule has 0 spiro atoms. The SMILES string of the molecule is Cc1nc(Cc2ccccc2)sc1C(=O)N1CCNCC1.Cl. The zero-order valence-corrected chi connectivity index (χ0v) is 14.2. The number of benzene rings is 1. The molecule has 1 amide bonds. The van der Waals surface area contributed by atoms with Crippen LogP contribution in [0.4, 0.5) is 0 Å². The van der Waals surface area contributed by atoms with Crippen LogP contribution in [0, 0.1) is 6.92 Å². The molecule has 1 aliphatic rings. The standard InChI is InChI=1S/C16H19N3OS.ClH/c1-12-15(16(20)19-9-7-17-8-10-19)21-14(18-12)11-13-5-3-2-4-6-13;/h2-6,17H,7-11H2,1H3;1H. The van der Waals surface area contributed by atoms with Gasteiger partial charge in [-0.15, -0.1) is 23.7 Å². The summed E-state index contributed by atoms with van der Waals surface area (Å²) in [5.41, 5.74) is 2.09. The molecule has 1 N–H and O–H groups in total. The maximum atomic E-state index is 12.6. The van der Waals surface area contributed by atoms with Gasteiger partial charge < -0.3 is 10.2 Å². The molecule has 4 nitrogen and oxygen atoms in total. The summed E-state index contributed by atoms with van der Waals surface area (Å²) in [5.74, 6) is 0.130. The predicted molar refractivity (Wildman–Crippen MR) is 92.1 cm³/mol. The van der Waals surface area contributed by atoms with Crippen molar-refractivity contribution in [2.75, 3.05) is 26.2 Å². The number of aromatic nitrogens is 1. The van der Waals surface area contributed by atoms with Crippen LogP contribution in [0.25, 0.3) is 0 Å². The monoisotopic (exact) mass is 337 g/mol. The second kappa shape index (κ2) is 7.72. The Morgan fingerprint density at radius 1 is 1.27 bits per heavy atom. The molecular formula is C16H20ClN3OS. The minimum absolute atomic E-state index is 0. The molecule has 3 rings (SSSR count). The minimum Gasteiger partial charge on any atom is -0.335 e. The number of piperazine rings is 1. The number of rotatable bonds is 3. The van der Waals surface area contributed by atoms with Crippen molar-refractivity contribution in [2.45, 2.75) is 13.3 Å². The normalized spacial score (nSPS) is 14.5. The van der Waals surface area contributed by atoms with Crippen LogP contribution in [0.1, 0.15) is 25.9 Å². The first-order valence-corrected chi connectivity index (χ1v) is 8.06. The molecule has 1 aliphatic heterocycles. The topological polar surface area (TPSA) is 45.2 Å².